The molecule has 29 heavy (non-hydrogen) atoms. The molecule has 0 saturated heterocycles. The summed E-state index contributed by atoms with van der Waals surface area (Å²) < 4.78 is 0. The molecule has 0 heterocycles. The molecule has 0 spiro atoms. The molecule has 0 atom stereocenters. The van der Waals surface area contributed by atoms with Crippen molar-refractivity contribution in [1.82, 2.24) is 4.86 Å². The van der Waals surface area contributed by atoms with Crippen molar-refractivity contribution in [3.05, 3.63) is 121 Å². The maximum Gasteiger partial charge on any atom is 0.0878 e. The van der Waals surface area contributed by atoms with Crippen LogP contribution in [0.2, 0.25) is 0 Å². The number of rotatable bonds is 6. The smallest absolute Gasteiger partial charge is 0.0878 e. The Morgan fingerprint density at radius 2 is 0.586 bits per heavy atom. The molecule has 0 aliphatic heterocycles. The molecule has 0 amide bonds. The highest BCUT2D eigenvalue weighted by Crippen LogP contribution is 2.53. The summed E-state index contributed by atoms with van der Waals surface area (Å²) in [7, 11) is -5.53. The lowest BCUT2D eigenvalue weighted by Gasteiger charge is -2.33. The van der Waals surface area contributed by atoms with Gasteiger partial charge in [0.25, 0.3) is 0 Å². The van der Waals surface area contributed by atoms with Crippen LogP contribution in [0.25, 0.3) is 0 Å². The molecule has 0 radical (unpaired) electrons. The fraction of sp³-hybridized carbons (Fsp3) is 0. The van der Waals surface area contributed by atoms with Gasteiger partial charge in [0.2, 0.25) is 0 Å². The normalized spacial score (nSPS) is 11.9. The van der Waals surface area contributed by atoms with Crippen LogP contribution in [0.5, 0.6) is 0 Å². The van der Waals surface area contributed by atoms with Crippen molar-refractivity contribution in [3.8, 4) is 0 Å². The van der Waals surface area contributed by atoms with E-state index in [1.165, 1.54) is 0 Å². The van der Waals surface area contributed by atoms with Gasteiger partial charge in [-0.2, -0.15) is 0 Å². The van der Waals surface area contributed by atoms with Crippen molar-refractivity contribution in [3.63, 3.8) is 0 Å². The van der Waals surface area contributed by atoms with Crippen LogP contribution in [-0.4, -0.2) is 0 Å². The molecule has 4 rings (SSSR count). The molecule has 3 N–H and O–H groups in total. The Labute approximate surface area is 172 Å². The number of nitrogens with one attached hydrogen (secondary N) is 3. The molecule has 3 nitrogen and oxygen atoms in total. The van der Waals surface area contributed by atoms with E-state index in [9.17, 15) is 10.3 Å². The van der Waals surface area contributed by atoms with Crippen LogP contribution in [0.3, 0.4) is 0 Å². The summed E-state index contributed by atoms with van der Waals surface area (Å²) in [4.78, 5) is 3.63. The zero-order valence-electron chi connectivity index (χ0n) is 15.9. The summed E-state index contributed by atoms with van der Waals surface area (Å²) in [5, 5.41) is 23.0. The average molecular weight is 415 g/mol. The Morgan fingerprint density at radius 3 is 0.793 bits per heavy atom. The summed E-state index contributed by atoms with van der Waals surface area (Å²) in [5.74, 6) is 0. The highest BCUT2D eigenvalue weighted by atomic mass is 31.2. The fourth-order valence-electron chi connectivity index (χ4n) is 3.36. The molecule has 5 heteroatoms. The standard InChI is InChI=1S/C24H23N3P2/c25-28(21-13-5-1-6-14-21,22-15-7-2-8-16-22)27-29(26,23-17-9-3-10-18-23)24-19-11-4-12-20-24/h1-20H,(H3,25,26,27). The molecule has 144 valence electrons. The van der Waals surface area contributed by atoms with Gasteiger partial charge in [0.05, 0.1) is 14.4 Å². The Balaban J connectivity index is 1.93. The van der Waals surface area contributed by atoms with Crippen molar-refractivity contribution in [2.24, 2.45) is 0 Å². The van der Waals surface area contributed by atoms with Gasteiger partial charge in [-0.05, 0) is 0 Å². The van der Waals surface area contributed by atoms with Crippen LogP contribution in [0.4, 0.5) is 0 Å². The van der Waals surface area contributed by atoms with Crippen LogP contribution < -0.4 is 26.1 Å². The summed E-state index contributed by atoms with van der Waals surface area (Å²) in [6, 6.07) is 39.6. The van der Waals surface area contributed by atoms with Gasteiger partial charge in [-0.1, -0.05) is 121 Å². The third-order valence-electron chi connectivity index (χ3n) is 4.87. The minimum Gasteiger partial charge on any atom is -0.294 e. The van der Waals surface area contributed by atoms with E-state index >= 15 is 0 Å². The third-order valence-corrected chi connectivity index (χ3v) is 11.6. The van der Waals surface area contributed by atoms with Crippen LogP contribution in [0.15, 0.2) is 121 Å². The highest BCUT2D eigenvalue weighted by molar-refractivity contribution is 7.91. The van der Waals surface area contributed by atoms with Gasteiger partial charge >= 0.3 is 0 Å². The number of hydrogen-bond acceptors (Lipinski definition) is 2. The second-order valence-electron chi connectivity index (χ2n) is 6.78. The second kappa shape index (κ2) is 8.35. The van der Waals surface area contributed by atoms with E-state index in [1.54, 1.807) is 0 Å². The Hall–Kier alpha value is -2.70. The Morgan fingerprint density at radius 1 is 0.379 bits per heavy atom. The molecule has 0 fully saturated rings. The lowest BCUT2D eigenvalue weighted by Crippen LogP contribution is -2.32. The van der Waals surface area contributed by atoms with E-state index in [0.29, 0.717) is 0 Å². The molecular weight excluding hydrogens is 392 g/mol. The van der Waals surface area contributed by atoms with E-state index in [0.717, 1.165) is 21.2 Å². The lowest BCUT2D eigenvalue weighted by molar-refractivity contribution is 1.44. The summed E-state index contributed by atoms with van der Waals surface area (Å²) in [5.41, 5.74) is 0. The van der Waals surface area contributed by atoms with Gasteiger partial charge in [-0.25, -0.2) is 4.86 Å². The Kier molecular flexibility index (Phi) is 5.65. The van der Waals surface area contributed by atoms with Gasteiger partial charge in [0, 0.05) is 21.2 Å². The maximum atomic E-state index is 9.66. The third kappa shape index (κ3) is 3.91. The number of benzene rings is 4. The van der Waals surface area contributed by atoms with E-state index in [-0.39, 0.29) is 0 Å². The topological polar surface area (TPSA) is 59.7 Å². The van der Waals surface area contributed by atoms with Crippen molar-refractivity contribution < 1.29 is 0 Å². The molecule has 0 aliphatic rings. The van der Waals surface area contributed by atoms with E-state index in [1.807, 2.05) is 121 Å². The van der Waals surface area contributed by atoms with Crippen molar-refractivity contribution in [2.75, 3.05) is 0 Å². The van der Waals surface area contributed by atoms with Crippen molar-refractivity contribution >= 4 is 35.6 Å². The quantitative estimate of drug-likeness (QED) is 0.369. The monoisotopic (exact) mass is 415 g/mol. The first-order chi connectivity index (χ1) is 14.1. The SMILES string of the molecule is N=P(NP(=N)(c1ccccc1)c1ccccc1)(c1ccccc1)c1ccccc1. The predicted octanol–water partition coefficient (Wildman–Crippen LogP) is 5.27. The fourth-order valence-corrected chi connectivity index (χ4v) is 10.1. The Bertz CT molecular complexity index is 980. The predicted molar refractivity (Wildman–Crippen MR) is 127 cm³/mol. The van der Waals surface area contributed by atoms with Crippen LogP contribution >= 0.6 is 14.4 Å². The van der Waals surface area contributed by atoms with Crippen LogP contribution in [-0.2, 0) is 0 Å². The van der Waals surface area contributed by atoms with Gasteiger partial charge in [-0.3, -0.25) is 10.3 Å². The molecule has 0 aliphatic carbocycles. The second-order valence-corrected chi connectivity index (χ2v) is 12.3. The van der Waals surface area contributed by atoms with Crippen molar-refractivity contribution in [2.45, 2.75) is 0 Å². The van der Waals surface area contributed by atoms with Crippen LogP contribution in [0.1, 0.15) is 0 Å². The van der Waals surface area contributed by atoms with E-state index in [4.69, 9.17) is 0 Å². The first kappa shape index (κ1) is 19.6. The zero-order chi connectivity index (χ0) is 20.2. The first-order valence-electron chi connectivity index (χ1n) is 9.43. The largest absolute Gasteiger partial charge is 0.294 e. The molecule has 0 saturated carbocycles. The van der Waals surface area contributed by atoms with E-state index in [2.05, 4.69) is 4.86 Å². The zero-order valence-corrected chi connectivity index (χ0v) is 17.7. The minimum absolute atomic E-state index is 0.926. The van der Waals surface area contributed by atoms with Crippen molar-refractivity contribution in [1.29, 1.82) is 10.3 Å². The maximum absolute atomic E-state index is 9.66. The molecule has 0 unspecified atom stereocenters. The highest BCUT2D eigenvalue weighted by Gasteiger charge is 2.32. The van der Waals surface area contributed by atoms with Gasteiger partial charge < -0.3 is 0 Å². The average Bonchev–Trinajstić information content (AvgIpc) is 2.81. The molecular formula is C24H23N3P2. The van der Waals surface area contributed by atoms with Gasteiger partial charge in [0.15, 0.2) is 0 Å². The summed E-state index contributed by atoms with van der Waals surface area (Å²) in [6.07, 6.45) is 0. The number of hydrogen-bond donors (Lipinski definition) is 3. The minimum atomic E-state index is -2.76. The molecule has 0 bridgehead atoms. The first-order valence-corrected chi connectivity index (χ1v) is 13.0. The van der Waals surface area contributed by atoms with Gasteiger partial charge in [0.1, 0.15) is 0 Å². The molecule has 4 aromatic rings. The summed E-state index contributed by atoms with van der Waals surface area (Å²) >= 11 is 0. The van der Waals surface area contributed by atoms with Gasteiger partial charge in [-0.15, -0.1) is 0 Å². The lowest BCUT2D eigenvalue weighted by atomic mass is 10.4. The van der Waals surface area contributed by atoms with E-state index < -0.39 is 14.4 Å². The van der Waals surface area contributed by atoms with Crippen LogP contribution in [0, 0.1) is 10.3 Å². The molecule has 0 aromatic heterocycles. The molecule has 4 aromatic carbocycles. The summed E-state index contributed by atoms with van der Waals surface area (Å²) in [6.45, 7) is 0.